The fourth-order valence-electron chi connectivity index (χ4n) is 4.20. The van der Waals surface area contributed by atoms with Gasteiger partial charge in [-0.1, -0.05) is 18.2 Å². The molecule has 0 atom stereocenters. The molecule has 1 aliphatic carbocycles. The van der Waals surface area contributed by atoms with Gasteiger partial charge in [0.2, 0.25) is 0 Å². The van der Waals surface area contributed by atoms with Gasteiger partial charge in [-0.2, -0.15) is 13.2 Å². The van der Waals surface area contributed by atoms with Crippen molar-refractivity contribution >= 4 is 5.97 Å². The van der Waals surface area contributed by atoms with E-state index in [-0.39, 0.29) is 23.6 Å². The molecule has 1 aromatic carbocycles. The van der Waals surface area contributed by atoms with E-state index in [4.69, 9.17) is 9.47 Å². The number of ether oxygens (including phenoxy) is 2. The minimum atomic E-state index is -4.34. The fourth-order valence-corrected chi connectivity index (χ4v) is 4.20. The van der Waals surface area contributed by atoms with Gasteiger partial charge in [0.1, 0.15) is 0 Å². The van der Waals surface area contributed by atoms with Crippen LogP contribution in [-0.2, 0) is 22.3 Å². The maximum atomic E-state index is 13.5. The molecule has 31 heavy (non-hydrogen) atoms. The number of alkyl halides is 3. The van der Waals surface area contributed by atoms with Crippen LogP contribution in [0.3, 0.4) is 0 Å². The summed E-state index contributed by atoms with van der Waals surface area (Å²) in [4.78, 5) is 21.2. The van der Waals surface area contributed by atoms with Crippen molar-refractivity contribution in [2.45, 2.75) is 56.5 Å². The summed E-state index contributed by atoms with van der Waals surface area (Å²) >= 11 is 0. The molecule has 0 spiro atoms. The number of aromatic nitrogens is 2. The molecule has 166 valence electrons. The summed E-state index contributed by atoms with van der Waals surface area (Å²) in [7, 11) is 1.26. The van der Waals surface area contributed by atoms with Crippen LogP contribution in [0, 0.1) is 0 Å². The molecule has 2 fully saturated rings. The summed E-state index contributed by atoms with van der Waals surface area (Å²) < 4.78 is 50.7. The second kappa shape index (κ2) is 8.94. The molecule has 5 nitrogen and oxygen atoms in total. The average Bonchev–Trinajstić information content (AvgIpc) is 3.60. The molecular formula is C23H25F3N2O3. The highest BCUT2D eigenvalue weighted by atomic mass is 19.4. The molecule has 2 heterocycles. The van der Waals surface area contributed by atoms with Gasteiger partial charge in [0.05, 0.1) is 24.9 Å². The summed E-state index contributed by atoms with van der Waals surface area (Å²) in [6.07, 6.45) is -0.264. The zero-order chi connectivity index (χ0) is 22.0. The lowest BCUT2D eigenvalue weighted by molar-refractivity contribution is -0.127. The summed E-state index contributed by atoms with van der Waals surface area (Å²) in [5.41, 5.74) is 2.65. The molecule has 4 rings (SSSR count). The number of hydrogen-bond acceptors (Lipinski definition) is 5. The molecule has 1 aromatic heterocycles. The van der Waals surface area contributed by atoms with Crippen molar-refractivity contribution in [2.24, 2.45) is 0 Å². The number of benzene rings is 1. The topological polar surface area (TPSA) is 61.3 Å². The predicted octanol–water partition coefficient (Wildman–Crippen LogP) is 4.73. The summed E-state index contributed by atoms with van der Waals surface area (Å²) in [5, 5.41) is 0. The van der Waals surface area contributed by atoms with Gasteiger partial charge in [-0.05, 0) is 48.3 Å². The summed E-state index contributed by atoms with van der Waals surface area (Å²) in [6.45, 7) is 1.09. The maximum Gasteiger partial charge on any atom is 0.393 e. The van der Waals surface area contributed by atoms with E-state index < -0.39 is 18.6 Å². The molecule has 0 N–H and O–H groups in total. The van der Waals surface area contributed by atoms with Gasteiger partial charge in [0.25, 0.3) is 0 Å². The molecule has 1 aliphatic heterocycles. The van der Waals surface area contributed by atoms with E-state index in [0.29, 0.717) is 48.8 Å². The zero-order valence-corrected chi connectivity index (χ0v) is 17.4. The molecule has 1 saturated carbocycles. The lowest BCUT2D eigenvalue weighted by atomic mass is 9.84. The number of halogens is 3. The van der Waals surface area contributed by atoms with Crippen molar-refractivity contribution in [3.63, 3.8) is 0 Å². The zero-order valence-electron chi connectivity index (χ0n) is 17.4. The first-order chi connectivity index (χ1) is 14.9. The van der Waals surface area contributed by atoms with Crippen LogP contribution in [0.4, 0.5) is 13.2 Å². The molecule has 2 aromatic rings. The first-order valence-electron chi connectivity index (χ1n) is 10.5. The molecule has 2 aliphatic rings. The van der Waals surface area contributed by atoms with Crippen LogP contribution >= 0.6 is 0 Å². The summed E-state index contributed by atoms with van der Waals surface area (Å²) in [5.74, 6) is -0.306. The van der Waals surface area contributed by atoms with E-state index in [2.05, 4.69) is 9.97 Å². The number of rotatable bonds is 6. The van der Waals surface area contributed by atoms with E-state index in [0.717, 1.165) is 18.5 Å². The van der Waals surface area contributed by atoms with Crippen molar-refractivity contribution < 1.29 is 27.4 Å². The van der Waals surface area contributed by atoms with E-state index in [1.807, 2.05) is 0 Å². The molecule has 0 unspecified atom stereocenters. The van der Waals surface area contributed by atoms with Crippen LogP contribution in [0.2, 0.25) is 0 Å². The molecule has 1 saturated heterocycles. The van der Waals surface area contributed by atoms with Gasteiger partial charge < -0.3 is 9.47 Å². The predicted molar refractivity (Wildman–Crippen MR) is 107 cm³/mol. The minimum Gasteiger partial charge on any atom is -0.464 e. The molecule has 8 heteroatoms. The first-order valence-corrected chi connectivity index (χ1v) is 10.5. The Morgan fingerprint density at radius 3 is 2.55 bits per heavy atom. The highest BCUT2D eigenvalue weighted by molar-refractivity contribution is 5.88. The Bertz CT molecular complexity index is 952. The van der Waals surface area contributed by atoms with Crippen molar-refractivity contribution in [2.75, 3.05) is 20.3 Å². The van der Waals surface area contributed by atoms with Crippen molar-refractivity contribution in [3.05, 3.63) is 58.2 Å². The number of methoxy groups -OCH3 is 1. The standard InChI is InChI=1S/C23H25F3N2O3/c1-30-22(29)21-19(27-13-20(28-21)15-5-6-15)11-16-3-2-4-17(14-7-9-31-10-8-14)18(16)12-23(24,25)26/h2-4,13-15H,5-12H2,1H3. The molecule has 0 amide bonds. The normalized spacial score (nSPS) is 17.5. The Morgan fingerprint density at radius 1 is 1.16 bits per heavy atom. The van der Waals surface area contributed by atoms with E-state index in [9.17, 15) is 18.0 Å². The third kappa shape index (κ3) is 5.23. The van der Waals surface area contributed by atoms with Crippen LogP contribution in [0.1, 0.15) is 76.1 Å². The van der Waals surface area contributed by atoms with Gasteiger partial charge in [0.15, 0.2) is 5.69 Å². The monoisotopic (exact) mass is 434 g/mol. The number of carbonyl (C=O) groups is 1. The highest BCUT2D eigenvalue weighted by Crippen LogP contribution is 2.39. The van der Waals surface area contributed by atoms with Crippen molar-refractivity contribution in [3.8, 4) is 0 Å². The number of esters is 1. The lowest BCUT2D eigenvalue weighted by Gasteiger charge is -2.26. The largest absolute Gasteiger partial charge is 0.464 e. The van der Waals surface area contributed by atoms with Crippen molar-refractivity contribution in [1.82, 2.24) is 9.97 Å². The second-order valence-electron chi connectivity index (χ2n) is 8.20. The number of hydrogen-bond donors (Lipinski definition) is 0. The Hall–Kier alpha value is -2.48. The quantitative estimate of drug-likeness (QED) is 0.615. The molecule has 0 radical (unpaired) electrons. The smallest absolute Gasteiger partial charge is 0.393 e. The Morgan fingerprint density at radius 2 is 1.90 bits per heavy atom. The highest BCUT2D eigenvalue weighted by Gasteiger charge is 2.33. The Kier molecular flexibility index (Phi) is 6.27. The Labute approximate surface area is 179 Å². The third-order valence-corrected chi connectivity index (χ3v) is 5.95. The number of nitrogens with zero attached hydrogens (tertiary/aromatic N) is 2. The van der Waals surface area contributed by atoms with Crippen LogP contribution in [0.25, 0.3) is 0 Å². The molecular weight excluding hydrogens is 409 g/mol. The van der Waals surface area contributed by atoms with Gasteiger partial charge >= 0.3 is 12.1 Å². The number of carbonyl (C=O) groups excluding carboxylic acids is 1. The van der Waals surface area contributed by atoms with Crippen LogP contribution < -0.4 is 0 Å². The fraction of sp³-hybridized carbons (Fsp3) is 0.522. The van der Waals surface area contributed by atoms with Gasteiger partial charge in [-0.25, -0.2) is 9.78 Å². The second-order valence-corrected chi connectivity index (χ2v) is 8.20. The third-order valence-electron chi connectivity index (χ3n) is 5.95. The first kappa shape index (κ1) is 21.7. The SMILES string of the molecule is COC(=O)c1nc(C2CC2)cnc1Cc1cccc(C2CCOCC2)c1CC(F)(F)F. The van der Waals surface area contributed by atoms with E-state index in [1.165, 1.54) is 7.11 Å². The molecule has 0 bridgehead atoms. The maximum absolute atomic E-state index is 13.5. The van der Waals surface area contributed by atoms with Crippen molar-refractivity contribution in [1.29, 1.82) is 0 Å². The van der Waals surface area contributed by atoms with Crippen LogP contribution in [0.5, 0.6) is 0 Å². The van der Waals surface area contributed by atoms with Gasteiger partial charge in [0, 0.05) is 31.7 Å². The van der Waals surface area contributed by atoms with Crippen LogP contribution in [0.15, 0.2) is 24.4 Å². The minimum absolute atomic E-state index is 0.0226. The van der Waals surface area contributed by atoms with E-state index in [1.54, 1.807) is 24.4 Å². The van der Waals surface area contributed by atoms with Gasteiger partial charge in [-0.15, -0.1) is 0 Å². The Balaban J connectivity index is 1.73. The van der Waals surface area contributed by atoms with E-state index >= 15 is 0 Å². The average molecular weight is 434 g/mol. The summed E-state index contributed by atoms with van der Waals surface area (Å²) in [6, 6.07) is 5.24. The van der Waals surface area contributed by atoms with Crippen LogP contribution in [-0.4, -0.2) is 42.4 Å². The van der Waals surface area contributed by atoms with Gasteiger partial charge in [-0.3, -0.25) is 4.98 Å². The lowest BCUT2D eigenvalue weighted by Crippen LogP contribution is -2.20.